The third kappa shape index (κ3) is 3.70. The van der Waals surface area contributed by atoms with Gasteiger partial charge < -0.3 is 4.84 Å². The van der Waals surface area contributed by atoms with Gasteiger partial charge in [-0.1, -0.05) is 11.6 Å². The van der Waals surface area contributed by atoms with Crippen LogP contribution in [0.15, 0.2) is 18.2 Å². The number of hydrogen-bond acceptors (Lipinski definition) is 2. The summed E-state index contributed by atoms with van der Waals surface area (Å²) in [6.45, 7) is 0.167. The van der Waals surface area contributed by atoms with Crippen LogP contribution in [0.4, 0.5) is 13.2 Å². The minimum Gasteiger partial charge on any atom is -0.305 e. The first-order valence-corrected chi connectivity index (χ1v) is 4.44. The van der Waals surface area contributed by atoms with Gasteiger partial charge in [-0.25, -0.2) is 0 Å². The van der Waals surface area contributed by atoms with E-state index >= 15 is 0 Å². The highest BCUT2D eigenvalue weighted by molar-refractivity contribution is 6.30. The van der Waals surface area contributed by atoms with E-state index in [1.54, 1.807) is 0 Å². The van der Waals surface area contributed by atoms with E-state index in [0.717, 1.165) is 12.1 Å². The van der Waals surface area contributed by atoms with Crippen molar-refractivity contribution in [3.8, 4) is 0 Å². The fourth-order valence-electron chi connectivity index (χ4n) is 1.07. The van der Waals surface area contributed by atoms with Gasteiger partial charge in [-0.2, -0.15) is 18.7 Å². The van der Waals surface area contributed by atoms with Gasteiger partial charge in [0, 0.05) is 11.6 Å². The topological polar surface area (TPSA) is 21.3 Å². The van der Waals surface area contributed by atoms with Gasteiger partial charge in [0.25, 0.3) is 0 Å². The molecule has 1 aromatic carbocycles. The van der Waals surface area contributed by atoms with Crippen LogP contribution < -0.4 is 5.48 Å². The summed E-state index contributed by atoms with van der Waals surface area (Å²) >= 11 is 5.57. The van der Waals surface area contributed by atoms with Crippen LogP contribution in [-0.2, 0) is 17.6 Å². The van der Waals surface area contributed by atoms with Crippen molar-refractivity contribution in [2.24, 2.45) is 0 Å². The second-order valence-electron chi connectivity index (χ2n) is 2.87. The molecular formula is C9H9ClF3NO. The Morgan fingerprint density at radius 3 is 2.53 bits per heavy atom. The van der Waals surface area contributed by atoms with Crippen LogP contribution in [0.2, 0.25) is 5.02 Å². The third-order valence-corrected chi connectivity index (χ3v) is 1.92. The standard InChI is InChI=1S/C9H9ClF3NO/c1-15-14-5-6-2-7(9(11,12)13)4-8(10)3-6/h2-4,14H,5H2,1H3. The summed E-state index contributed by atoms with van der Waals surface area (Å²) in [5.74, 6) is 0. The fraction of sp³-hybridized carbons (Fsp3) is 0.333. The molecule has 0 radical (unpaired) electrons. The molecule has 0 bridgehead atoms. The molecular weight excluding hydrogens is 231 g/mol. The molecule has 0 spiro atoms. The van der Waals surface area contributed by atoms with Crippen molar-refractivity contribution >= 4 is 11.6 Å². The van der Waals surface area contributed by atoms with E-state index in [-0.39, 0.29) is 11.6 Å². The average molecular weight is 240 g/mol. The van der Waals surface area contributed by atoms with Crippen LogP contribution in [0.25, 0.3) is 0 Å². The van der Waals surface area contributed by atoms with Gasteiger partial charge in [0.15, 0.2) is 0 Å². The van der Waals surface area contributed by atoms with E-state index in [1.165, 1.54) is 13.2 Å². The highest BCUT2D eigenvalue weighted by atomic mass is 35.5. The molecule has 84 valence electrons. The lowest BCUT2D eigenvalue weighted by Gasteiger charge is -2.09. The van der Waals surface area contributed by atoms with E-state index in [4.69, 9.17) is 11.6 Å². The molecule has 0 aliphatic carbocycles. The van der Waals surface area contributed by atoms with Gasteiger partial charge in [-0.05, 0) is 23.8 Å². The van der Waals surface area contributed by atoms with Gasteiger partial charge in [-0.15, -0.1) is 0 Å². The first-order valence-electron chi connectivity index (χ1n) is 4.06. The Morgan fingerprint density at radius 2 is 2.00 bits per heavy atom. The van der Waals surface area contributed by atoms with E-state index in [9.17, 15) is 13.2 Å². The molecule has 0 saturated heterocycles. The quantitative estimate of drug-likeness (QED) is 0.819. The highest BCUT2D eigenvalue weighted by Gasteiger charge is 2.30. The number of hydrogen-bond donors (Lipinski definition) is 1. The molecule has 1 aromatic rings. The zero-order chi connectivity index (χ0) is 11.5. The SMILES string of the molecule is CONCc1cc(Cl)cc(C(F)(F)F)c1. The molecule has 2 nitrogen and oxygen atoms in total. The monoisotopic (exact) mass is 239 g/mol. The minimum absolute atomic E-state index is 0.0535. The van der Waals surface area contributed by atoms with Crippen LogP contribution in [0.5, 0.6) is 0 Å². The van der Waals surface area contributed by atoms with Gasteiger partial charge in [0.2, 0.25) is 0 Å². The number of benzene rings is 1. The molecule has 0 atom stereocenters. The molecule has 0 aliphatic rings. The maximum Gasteiger partial charge on any atom is 0.416 e. The number of nitrogens with one attached hydrogen (secondary N) is 1. The Labute approximate surface area is 89.9 Å². The summed E-state index contributed by atoms with van der Waals surface area (Å²) in [4.78, 5) is 4.54. The number of alkyl halides is 3. The normalized spacial score (nSPS) is 11.8. The predicted molar refractivity (Wildman–Crippen MR) is 50.3 cm³/mol. The van der Waals surface area contributed by atoms with Crippen LogP contribution in [0.1, 0.15) is 11.1 Å². The largest absolute Gasteiger partial charge is 0.416 e. The lowest BCUT2D eigenvalue weighted by molar-refractivity contribution is -0.137. The van der Waals surface area contributed by atoms with Gasteiger partial charge in [0.05, 0.1) is 12.7 Å². The summed E-state index contributed by atoms with van der Waals surface area (Å²) in [7, 11) is 1.38. The maximum absolute atomic E-state index is 12.4. The van der Waals surface area contributed by atoms with Gasteiger partial charge in [-0.3, -0.25) is 0 Å². The molecule has 0 unspecified atom stereocenters. The molecule has 0 saturated carbocycles. The van der Waals surface area contributed by atoms with E-state index in [1.807, 2.05) is 0 Å². The summed E-state index contributed by atoms with van der Waals surface area (Å²) in [5.41, 5.74) is 2.10. The van der Waals surface area contributed by atoms with Crippen molar-refractivity contribution < 1.29 is 18.0 Å². The molecule has 0 aromatic heterocycles. The van der Waals surface area contributed by atoms with Crippen LogP contribution in [0, 0.1) is 0 Å². The first-order chi connectivity index (χ1) is 6.93. The minimum atomic E-state index is -4.38. The van der Waals surface area contributed by atoms with Crippen molar-refractivity contribution in [1.29, 1.82) is 0 Å². The molecule has 6 heteroatoms. The number of halogens is 4. The smallest absolute Gasteiger partial charge is 0.305 e. The molecule has 0 amide bonds. The second kappa shape index (κ2) is 4.83. The molecule has 15 heavy (non-hydrogen) atoms. The number of rotatable bonds is 3. The lowest BCUT2D eigenvalue weighted by Crippen LogP contribution is -2.12. The van der Waals surface area contributed by atoms with E-state index < -0.39 is 11.7 Å². The van der Waals surface area contributed by atoms with Crippen molar-refractivity contribution in [1.82, 2.24) is 5.48 Å². The van der Waals surface area contributed by atoms with Crippen molar-refractivity contribution in [2.45, 2.75) is 12.7 Å². The molecule has 1 rings (SSSR count). The second-order valence-corrected chi connectivity index (χ2v) is 3.31. The molecule has 0 heterocycles. The van der Waals surface area contributed by atoms with E-state index in [2.05, 4.69) is 10.3 Å². The van der Waals surface area contributed by atoms with Crippen molar-refractivity contribution in [3.63, 3.8) is 0 Å². The lowest BCUT2D eigenvalue weighted by atomic mass is 10.1. The molecule has 1 N–H and O–H groups in total. The number of hydroxylamine groups is 1. The summed E-state index contributed by atoms with van der Waals surface area (Å²) < 4.78 is 37.1. The molecule has 0 fully saturated rings. The van der Waals surface area contributed by atoms with Gasteiger partial charge in [0.1, 0.15) is 0 Å². The van der Waals surface area contributed by atoms with Crippen LogP contribution in [0.3, 0.4) is 0 Å². The third-order valence-electron chi connectivity index (χ3n) is 1.71. The highest BCUT2D eigenvalue weighted by Crippen LogP contribution is 2.31. The van der Waals surface area contributed by atoms with Crippen LogP contribution >= 0.6 is 11.6 Å². The van der Waals surface area contributed by atoms with Crippen molar-refractivity contribution in [3.05, 3.63) is 34.3 Å². The van der Waals surface area contributed by atoms with Crippen molar-refractivity contribution in [2.75, 3.05) is 7.11 Å². The van der Waals surface area contributed by atoms with E-state index in [0.29, 0.717) is 5.56 Å². The molecule has 0 aliphatic heterocycles. The Morgan fingerprint density at radius 1 is 1.33 bits per heavy atom. The summed E-state index contributed by atoms with van der Waals surface area (Å²) in [6.07, 6.45) is -4.38. The Bertz CT molecular complexity index is 341. The Balaban J connectivity index is 2.95. The first kappa shape index (κ1) is 12.3. The van der Waals surface area contributed by atoms with Gasteiger partial charge >= 0.3 is 6.18 Å². The van der Waals surface area contributed by atoms with Crippen LogP contribution in [-0.4, -0.2) is 7.11 Å². The predicted octanol–water partition coefficient (Wildman–Crippen LogP) is 3.01. The zero-order valence-corrected chi connectivity index (χ0v) is 8.62. The summed E-state index contributed by atoms with van der Waals surface area (Å²) in [5, 5.41) is 0.0535. The summed E-state index contributed by atoms with van der Waals surface area (Å²) in [6, 6.07) is 3.36. The fourth-order valence-corrected chi connectivity index (χ4v) is 1.33. The maximum atomic E-state index is 12.4. The Kier molecular flexibility index (Phi) is 3.96. The zero-order valence-electron chi connectivity index (χ0n) is 7.86. The average Bonchev–Trinajstić information content (AvgIpc) is 2.12. The Hall–Kier alpha value is -0.780.